The van der Waals surface area contributed by atoms with E-state index >= 15 is 0 Å². The summed E-state index contributed by atoms with van der Waals surface area (Å²) in [6.07, 6.45) is 0.935. The molecule has 0 heterocycles. The highest BCUT2D eigenvalue weighted by Gasteiger charge is 2.25. The molecule has 0 saturated heterocycles. The fourth-order valence-corrected chi connectivity index (χ4v) is 1.98. The van der Waals surface area contributed by atoms with Gasteiger partial charge >= 0.3 is 0 Å². The van der Waals surface area contributed by atoms with E-state index < -0.39 is 15.0 Å². The molecule has 0 saturated carbocycles. The van der Waals surface area contributed by atoms with Crippen molar-refractivity contribution in [3.05, 3.63) is 39.4 Å². The zero-order valence-corrected chi connectivity index (χ0v) is 12.2. The third-order valence-corrected chi connectivity index (χ3v) is 3.05. The minimum Gasteiger partial charge on any atom is -0.265 e. The topological polar surface area (TPSA) is 86.5 Å². The molecule has 0 aliphatic heterocycles. The molecule has 0 aliphatic carbocycles. The molecule has 1 aromatic rings. The first-order valence-electron chi connectivity index (χ1n) is 5.63. The molecule has 7 heteroatoms. The van der Waals surface area contributed by atoms with Gasteiger partial charge in [0.1, 0.15) is 0 Å². The Morgan fingerprint density at radius 3 is 2.32 bits per heavy atom. The summed E-state index contributed by atoms with van der Waals surface area (Å²) in [5.74, 6) is 0. The van der Waals surface area contributed by atoms with Gasteiger partial charge in [-0.3, -0.25) is 14.3 Å². The first-order valence-corrected chi connectivity index (χ1v) is 7.44. The maximum absolute atomic E-state index is 11.1. The Morgan fingerprint density at radius 2 is 1.89 bits per heavy atom. The predicted octanol–water partition coefficient (Wildman–Crippen LogP) is 2.37. The number of nitro groups is 1. The lowest BCUT2D eigenvalue weighted by molar-refractivity contribution is -0.386. The highest BCUT2D eigenvalue weighted by molar-refractivity contribution is 7.85. The van der Waals surface area contributed by atoms with Crippen LogP contribution in [0.2, 0.25) is 0 Å². The molecule has 0 bridgehead atoms. The second-order valence-electron chi connectivity index (χ2n) is 5.32. The van der Waals surface area contributed by atoms with Crippen molar-refractivity contribution in [3.8, 4) is 0 Å². The first-order chi connectivity index (χ1) is 8.50. The summed E-state index contributed by atoms with van der Waals surface area (Å²) < 4.78 is 26.4. The van der Waals surface area contributed by atoms with Crippen LogP contribution in [0, 0.1) is 10.1 Å². The van der Waals surface area contributed by atoms with Crippen molar-refractivity contribution >= 4 is 15.8 Å². The van der Waals surface area contributed by atoms with Crippen LogP contribution >= 0.6 is 0 Å². The van der Waals surface area contributed by atoms with E-state index in [1.165, 1.54) is 6.07 Å². The Labute approximate surface area is 112 Å². The quantitative estimate of drug-likeness (QED) is 0.482. The first kappa shape index (κ1) is 15.6. The smallest absolute Gasteiger partial charge is 0.265 e. The van der Waals surface area contributed by atoms with E-state index in [1.807, 2.05) is 20.8 Å². The average Bonchev–Trinajstić information content (AvgIpc) is 2.23. The Balaban J connectivity index is 3.14. The van der Waals surface area contributed by atoms with Gasteiger partial charge in [0, 0.05) is 11.6 Å². The summed E-state index contributed by atoms with van der Waals surface area (Å²) in [5, 5.41) is 11.1. The summed E-state index contributed by atoms with van der Waals surface area (Å²) in [4.78, 5) is 10.6. The minimum absolute atomic E-state index is 0.0258. The molecule has 0 N–H and O–H groups in total. The second-order valence-corrected chi connectivity index (χ2v) is 6.97. The summed E-state index contributed by atoms with van der Waals surface area (Å²) >= 11 is 0. The normalized spacial score (nSPS) is 12.4. The fraction of sp³-hybridized carbons (Fsp3) is 0.500. The third-order valence-electron chi connectivity index (χ3n) is 2.51. The summed E-state index contributed by atoms with van der Waals surface area (Å²) in [6, 6.07) is 4.63. The molecule has 0 spiro atoms. The number of benzene rings is 1. The van der Waals surface area contributed by atoms with Crippen LogP contribution in [-0.4, -0.2) is 19.6 Å². The van der Waals surface area contributed by atoms with Crippen molar-refractivity contribution in [1.82, 2.24) is 0 Å². The van der Waals surface area contributed by atoms with Gasteiger partial charge in [-0.25, -0.2) is 0 Å². The Kier molecular flexibility index (Phi) is 4.32. The van der Waals surface area contributed by atoms with Gasteiger partial charge in [0.15, 0.2) is 0 Å². The van der Waals surface area contributed by atoms with Crippen LogP contribution in [0.1, 0.15) is 31.9 Å². The molecule has 1 rings (SSSR count). The maximum atomic E-state index is 11.1. The highest BCUT2D eigenvalue weighted by Crippen LogP contribution is 2.31. The largest absolute Gasteiger partial charge is 0.273 e. The molecule has 0 aliphatic rings. The Morgan fingerprint density at radius 1 is 1.32 bits per heavy atom. The average molecular weight is 287 g/mol. The Hall–Kier alpha value is -1.47. The molecule has 0 amide bonds. The van der Waals surface area contributed by atoms with E-state index in [2.05, 4.69) is 4.18 Å². The van der Waals surface area contributed by atoms with Crippen molar-refractivity contribution in [2.45, 2.75) is 32.8 Å². The lowest BCUT2D eigenvalue weighted by atomic mass is 9.85. The van der Waals surface area contributed by atoms with Crippen molar-refractivity contribution in [2.75, 3.05) is 6.26 Å². The van der Waals surface area contributed by atoms with E-state index in [4.69, 9.17) is 0 Å². The van der Waals surface area contributed by atoms with Crippen LogP contribution in [0.4, 0.5) is 5.69 Å². The van der Waals surface area contributed by atoms with E-state index in [1.54, 1.807) is 12.1 Å². The van der Waals surface area contributed by atoms with Crippen LogP contribution in [0.25, 0.3) is 0 Å². The van der Waals surface area contributed by atoms with Crippen LogP contribution in [0.5, 0.6) is 0 Å². The molecule has 19 heavy (non-hydrogen) atoms. The molecular formula is C12H17NO5S. The fourth-order valence-electron chi connectivity index (χ4n) is 1.63. The summed E-state index contributed by atoms with van der Waals surface area (Å²) in [7, 11) is -3.56. The van der Waals surface area contributed by atoms with E-state index in [0.717, 1.165) is 6.26 Å². The molecule has 6 nitrogen and oxygen atoms in total. The van der Waals surface area contributed by atoms with Gasteiger partial charge in [0.05, 0.1) is 17.8 Å². The monoisotopic (exact) mass is 287 g/mol. The molecule has 0 radical (unpaired) electrons. The van der Waals surface area contributed by atoms with Gasteiger partial charge in [-0.15, -0.1) is 0 Å². The molecule has 1 aromatic carbocycles. The maximum Gasteiger partial charge on any atom is 0.273 e. The van der Waals surface area contributed by atoms with Gasteiger partial charge in [0.2, 0.25) is 0 Å². The standard InChI is InChI=1S/C12H17NO5S/c1-12(2,3)10-6-5-9(7-11(10)13(14)15)8-18-19(4,16)17/h5-7H,8H2,1-4H3. The van der Waals surface area contributed by atoms with Gasteiger partial charge in [-0.05, 0) is 11.0 Å². The lowest BCUT2D eigenvalue weighted by Gasteiger charge is -2.19. The van der Waals surface area contributed by atoms with Gasteiger partial charge in [-0.1, -0.05) is 32.9 Å². The predicted molar refractivity (Wildman–Crippen MR) is 71.4 cm³/mol. The van der Waals surface area contributed by atoms with E-state index in [0.29, 0.717) is 11.1 Å². The molecule has 106 valence electrons. The van der Waals surface area contributed by atoms with Crippen LogP contribution in [-0.2, 0) is 26.3 Å². The van der Waals surface area contributed by atoms with Crippen molar-refractivity contribution in [3.63, 3.8) is 0 Å². The van der Waals surface area contributed by atoms with Crippen LogP contribution in [0.3, 0.4) is 0 Å². The molecule has 0 unspecified atom stereocenters. The molecular weight excluding hydrogens is 270 g/mol. The van der Waals surface area contributed by atoms with Crippen molar-refractivity contribution < 1.29 is 17.5 Å². The third kappa shape index (κ3) is 4.60. The van der Waals surface area contributed by atoms with E-state index in [9.17, 15) is 18.5 Å². The number of nitrogens with zero attached hydrogens (tertiary/aromatic N) is 1. The number of hydrogen-bond acceptors (Lipinski definition) is 5. The molecule has 0 fully saturated rings. The zero-order chi connectivity index (χ0) is 14.8. The lowest BCUT2D eigenvalue weighted by Crippen LogP contribution is -2.14. The summed E-state index contributed by atoms with van der Waals surface area (Å²) in [6.45, 7) is 5.43. The van der Waals surface area contributed by atoms with Gasteiger partial charge in [0.25, 0.3) is 15.8 Å². The second kappa shape index (κ2) is 5.26. The number of nitro benzene ring substituents is 1. The van der Waals surface area contributed by atoms with Crippen molar-refractivity contribution in [2.24, 2.45) is 0 Å². The van der Waals surface area contributed by atoms with Gasteiger partial charge in [-0.2, -0.15) is 8.42 Å². The summed E-state index contributed by atoms with van der Waals surface area (Å²) in [5.41, 5.74) is 0.659. The van der Waals surface area contributed by atoms with E-state index in [-0.39, 0.29) is 17.7 Å². The molecule has 0 atom stereocenters. The zero-order valence-electron chi connectivity index (χ0n) is 11.3. The van der Waals surface area contributed by atoms with Crippen molar-refractivity contribution in [1.29, 1.82) is 0 Å². The van der Waals surface area contributed by atoms with Crippen LogP contribution < -0.4 is 0 Å². The molecule has 0 aromatic heterocycles. The van der Waals surface area contributed by atoms with Gasteiger partial charge < -0.3 is 0 Å². The number of rotatable bonds is 4. The number of hydrogen-bond donors (Lipinski definition) is 0. The van der Waals surface area contributed by atoms with Crippen LogP contribution in [0.15, 0.2) is 18.2 Å². The Bertz CT molecular complexity index is 587. The highest BCUT2D eigenvalue weighted by atomic mass is 32.2. The minimum atomic E-state index is -3.56. The SMILES string of the molecule is CC(C)(C)c1ccc(COS(C)(=O)=O)cc1[N+](=O)[O-].